The first-order chi connectivity index (χ1) is 7.67. The number of nitrogens with two attached hydrogens (primary N) is 1. The molecule has 90 valence electrons. The molecule has 2 rings (SSSR count). The second kappa shape index (κ2) is 5.17. The molecule has 1 unspecified atom stereocenters. The van der Waals surface area contributed by atoms with Gasteiger partial charge in [0.1, 0.15) is 0 Å². The average molecular weight is 303 g/mol. The molecule has 0 spiro atoms. The van der Waals surface area contributed by atoms with Gasteiger partial charge in [-0.1, -0.05) is 26.2 Å². The molecular formula is C12H19BrN2S. The molecule has 0 radical (unpaired) electrons. The highest BCUT2D eigenvalue weighted by Crippen LogP contribution is 2.47. The third-order valence-corrected chi connectivity index (χ3v) is 5.56. The highest BCUT2D eigenvalue weighted by Gasteiger charge is 2.36. The minimum Gasteiger partial charge on any atom is -0.271 e. The molecular weight excluding hydrogens is 284 g/mol. The summed E-state index contributed by atoms with van der Waals surface area (Å²) in [6, 6.07) is 0.272. The fourth-order valence-corrected chi connectivity index (χ4v) is 4.36. The van der Waals surface area contributed by atoms with Crippen molar-refractivity contribution in [2.75, 3.05) is 0 Å². The molecule has 3 N–H and O–H groups in total. The van der Waals surface area contributed by atoms with Crippen molar-refractivity contribution in [1.82, 2.24) is 5.43 Å². The zero-order chi connectivity index (χ0) is 11.6. The van der Waals surface area contributed by atoms with Crippen molar-refractivity contribution >= 4 is 27.3 Å². The van der Waals surface area contributed by atoms with E-state index in [4.69, 9.17) is 5.84 Å². The summed E-state index contributed by atoms with van der Waals surface area (Å²) in [5.41, 5.74) is 4.65. The number of hydrogen-bond donors (Lipinski definition) is 2. The van der Waals surface area contributed by atoms with Gasteiger partial charge in [-0.25, -0.2) is 0 Å². The van der Waals surface area contributed by atoms with Crippen LogP contribution in [0, 0.1) is 5.41 Å². The predicted molar refractivity (Wildman–Crippen MR) is 73.3 cm³/mol. The Morgan fingerprint density at radius 1 is 1.38 bits per heavy atom. The van der Waals surface area contributed by atoms with E-state index < -0.39 is 0 Å². The molecule has 1 aliphatic rings. The summed E-state index contributed by atoms with van der Waals surface area (Å²) >= 11 is 5.34. The third kappa shape index (κ3) is 2.35. The molecule has 2 nitrogen and oxygen atoms in total. The fraction of sp³-hybridized carbons (Fsp3) is 0.667. The maximum atomic E-state index is 5.78. The lowest BCUT2D eigenvalue weighted by Crippen LogP contribution is -2.41. The van der Waals surface area contributed by atoms with Crippen LogP contribution in [-0.4, -0.2) is 0 Å². The molecule has 16 heavy (non-hydrogen) atoms. The van der Waals surface area contributed by atoms with Crippen molar-refractivity contribution < 1.29 is 0 Å². The van der Waals surface area contributed by atoms with E-state index in [1.54, 1.807) is 11.3 Å². The van der Waals surface area contributed by atoms with Crippen LogP contribution in [0.25, 0.3) is 0 Å². The molecule has 0 saturated heterocycles. The van der Waals surface area contributed by atoms with Gasteiger partial charge in [0.25, 0.3) is 0 Å². The summed E-state index contributed by atoms with van der Waals surface area (Å²) < 4.78 is 1.19. The molecule has 0 aromatic carbocycles. The first kappa shape index (κ1) is 12.6. The average Bonchev–Trinajstić information content (AvgIpc) is 2.67. The standard InChI is InChI=1S/C12H19BrN2S/c1-12(5-3-2-4-6-12)11(15-14)9-7-16-8-10(9)13/h7-8,11,15H,2-6,14H2,1H3. The zero-order valence-corrected chi connectivity index (χ0v) is 12.0. The summed E-state index contributed by atoms with van der Waals surface area (Å²) in [7, 11) is 0. The Balaban J connectivity index is 2.24. The summed E-state index contributed by atoms with van der Waals surface area (Å²) in [4.78, 5) is 0. The van der Waals surface area contributed by atoms with Crippen LogP contribution in [0.5, 0.6) is 0 Å². The van der Waals surface area contributed by atoms with E-state index in [-0.39, 0.29) is 6.04 Å². The van der Waals surface area contributed by atoms with Crippen molar-refractivity contribution in [3.63, 3.8) is 0 Å². The molecule has 1 fully saturated rings. The minimum absolute atomic E-state index is 0.272. The molecule has 0 aliphatic heterocycles. The number of nitrogens with one attached hydrogen (secondary N) is 1. The van der Waals surface area contributed by atoms with Gasteiger partial charge in [0.15, 0.2) is 0 Å². The van der Waals surface area contributed by atoms with Crippen molar-refractivity contribution in [3.05, 3.63) is 20.8 Å². The molecule has 1 heterocycles. The Labute approximate surface area is 110 Å². The van der Waals surface area contributed by atoms with E-state index in [1.165, 1.54) is 42.1 Å². The lowest BCUT2D eigenvalue weighted by molar-refractivity contribution is 0.145. The maximum Gasteiger partial charge on any atom is 0.0532 e. The largest absolute Gasteiger partial charge is 0.271 e. The predicted octanol–water partition coefficient (Wildman–Crippen LogP) is 3.99. The van der Waals surface area contributed by atoms with Crippen LogP contribution in [0.2, 0.25) is 0 Å². The Morgan fingerprint density at radius 3 is 2.56 bits per heavy atom. The van der Waals surface area contributed by atoms with Crippen molar-refractivity contribution in [1.29, 1.82) is 0 Å². The molecule has 0 bridgehead atoms. The first-order valence-electron chi connectivity index (χ1n) is 5.85. The summed E-state index contributed by atoms with van der Waals surface area (Å²) in [5.74, 6) is 5.78. The molecule has 0 amide bonds. The molecule has 1 saturated carbocycles. The van der Waals surface area contributed by atoms with Crippen LogP contribution in [0.3, 0.4) is 0 Å². The molecule has 1 aromatic heterocycles. The zero-order valence-electron chi connectivity index (χ0n) is 9.63. The highest BCUT2D eigenvalue weighted by molar-refractivity contribution is 9.10. The number of thiophene rings is 1. The minimum atomic E-state index is 0.272. The SMILES string of the molecule is CC1(C(NN)c2cscc2Br)CCCCC1. The molecule has 4 heteroatoms. The van der Waals surface area contributed by atoms with E-state index in [1.807, 2.05) is 0 Å². The van der Waals surface area contributed by atoms with Crippen molar-refractivity contribution in [2.24, 2.45) is 11.3 Å². The van der Waals surface area contributed by atoms with Gasteiger partial charge in [0.2, 0.25) is 0 Å². The number of halogens is 1. The van der Waals surface area contributed by atoms with Gasteiger partial charge in [-0.2, -0.15) is 11.3 Å². The summed E-state index contributed by atoms with van der Waals surface area (Å²) in [6.45, 7) is 2.36. The van der Waals surface area contributed by atoms with Gasteiger partial charge >= 0.3 is 0 Å². The Bertz CT molecular complexity index is 345. The molecule has 1 aliphatic carbocycles. The van der Waals surface area contributed by atoms with Crippen LogP contribution >= 0.6 is 27.3 Å². The van der Waals surface area contributed by atoms with Crippen molar-refractivity contribution in [3.8, 4) is 0 Å². The van der Waals surface area contributed by atoms with Crippen molar-refractivity contribution in [2.45, 2.75) is 45.1 Å². The van der Waals surface area contributed by atoms with Gasteiger partial charge in [0.05, 0.1) is 6.04 Å². The molecule has 1 atom stereocenters. The normalized spacial score (nSPS) is 21.9. The van der Waals surface area contributed by atoms with E-state index in [0.717, 1.165) is 0 Å². The van der Waals surface area contributed by atoms with Gasteiger partial charge in [-0.05, 0) is 45.1 Å². The maximum absolute atomic E-state index is 5.78. The lowest BCUT2D eigenvalue weighted by Gasteiger charge is -2.40. The van der Waals surface area contributed by atoms with E-state index in [9.17, 15) is 0 Å². The highest BCUT2D eigenvalue weighted by atomic mass is 79.9. The topological polar surface area (TPSA) is 38.0 Å². The fourth-order valence-electron chi connectivity index (χ4n) is 2.81. The third-order valence-electron chi connectivity index (χ3n) is 3.81. The molecule has 1 aromatic rings. The van der Waals surface area contributed by atoms with Gasteiger partial charge in [-0.15, -0.1) is 0 Å². The second-order valence-electron chi connectivity index (χ2n) is 4.99. The van der Waals surface area contributed by atoms with Crippen LogP contribution < -0.4 is 11.3 Å². The number of hydrazine groups is 1. The van der Waals surface area contributed by atoms with Gasteiger partial charge in [-0.3, -0.25) is 11.3 Å². The second-order valence-corrected chi connectivity index (χ2v) is 6.59. The number of hydrogen-bond acceptors (Lipinski definition) is 3. The van der Waals surface area contributed by atoms with Gasteiger partial charge in [0, 0.05) is 9.85 Å². The Kier molecular flexibility index (Phi) is 4.06. The first-order valence-corrected chi connectivity index (χ1v) is 7.59. The quantitative estimate of drug-likeness (QED) is 0.654. The lowest BCUT2D eigenvalue weighted by atomic mass is 9.69. The van der Waals surface area contributed by atoms with Crippen LogP contribution in [0.4, 0.5) is 0 Å². The summed E-state index contributed by atoms with van der Waals surface area (Å²) in [6.07, 6.45) is 6.57. The smallest absolute Gasteiger partial charge is 0.0532 e. The Hall–Kier alpha value is 0.100. The van der Waals surface area contributed by atoms with E-state index >= 15 is 0 Å². The summed E-state index contributed by atoms with van der Waals surface area (Å²) in [5, 5.41) is 4.33. The van der Waals surface area contributed by atoms with Crippen LogP contribution in [-0.2, 0) is 0 Å². The van der Waals surface area contributed by atoms with Crippen LogP contribution in [0.1, 0.15) is 50.6 Å². The Morgan fingerprint density at radius 2 is 2.06 bits per heavy atom. The van der Waals surface area contributed by atoms with Gasteiger partial charge < -0.3 is 0 Å². The van der Waals surface area contributed by atoms with E-state index in [0.29, 0.717) is 5.41 Å². The van der Waals surface area contributed by atoms with E-state index in [2.05, 4.69) is 39.0 Å². The van der Waals surface area contributed by atoms with Crippen LogP contribution in [0.15, 0.2) is 15.2 Å². The monoisotopic (exact) mass is 302 g/mol. The number of rotatable bonds is 3.